The van der Waals surface area contributed by atoms with E-state index in [2.05, 4.69) is 9.71 Å². The molecule has 0 fully saturated rings. The minimum absolute atomic E-state index is 0.0794. The topological polar surface area (TPSA) is 79.3 Å². The van der Waals surface area contributed by atoms with Crippen LogP contribution in [0.5, 0.6) is 0 Å². The molecule has 0 saturated heterocycles. The third kappa shape index (κ3) is 3.56. The lowest BCUT2D eigenvalue weighted by Crippen LogP contribution is -2.27. The molecule has 0 aliphatic heterocycles. The van der Waals surface area contributed by atoms with Crippen molar-refractivity contribution < 1.29 is 13.5 Å². The van der Waals surface area contributed by atoms with Gasteiger partial charge in [-0.3, -0.25) is 0 Å². The number of rotatable bonds is 5. The Morgan fingerprint density at radius 2 is 2.15 bits per heavy atom. The summed E-state index contributed by atoms with van der Waals surface area (Å²) >= 11 is 7.15. The number of halogens is 1. The molecule has 8 heteroatoms. The zero-order valence-electron chi connectivity index (χ0n) is 10.6. The van der Waals surface area contributed by atoms with Crippen LogP contribution in [0.3, 0.4) is 0 Å². The molecule has 2 heterocycles. The first kappa shape index (κ1) is 15.4. The Labute approximate surface area is 126 Å². The van der Waals surface area contributed by atoms with Crippen LogP contribution >= 0.6 is 22.9 Å². The summed E-state index contributed by atoms with van der Waals surface area (Å²) in [5.41, 5.74) is 0.557. The van der Waals surface area contributed by atoms with E-state index >= 15 is 0 Å². The van der Waals surface area contributed by atoms with E-state index in [4.69, 9.17) is 16.7 Å². The first-order valence-corrected chi connectivity index (χ1v) is 8.43. The van der Waals surface area contributed by atoms with Crippen LogP contribution in [0.25, 0.3) is 0 Å². The van der Waals surface area contributed by atoms with Gasteiger partial charge in [0.25, 0.3) is 10.0 Å². The summed E-state index contributed by atoms with van der Waals surface area (Å²) in [6.07, 6.45) is 1.33. The van der Waals surface area contributed by atoms with Crippen molar-refractivity contribution in [1.29, 1.82) is 0 Å². The highest BCUT2D eigenvalue weighted by atomic mass is 35.5. The summed E-state index contributed by atoms with van der Waals surface area (Å²) < 4.78 is 27.5. The van der Waals surface area contributed by atoms with Gasteiger partial charge in [0.2, 0.25) is 0 Å². The van der Waals surface area contributed by atoms with Gasteiger partial charge in [-0.15, -0.1) is 11.3 Å². The number of pyridine rings is 1. The second-order valence-corrected chi connectivity index (χ2v) is 7.56. The van der Waals surface area contributed by atoms with Crippen LogP contribution in [0.1, 0.15) is 23.4 Å². The zero-order chi connectivity index (χ0) is 14.8. The van der Waals surface area contributed by atoms with E-state index < -0.39 is 16.1 Å². The number of aliphatic hydroxyl groups is 1. The Balaban J connectivity index is 2.17. The van der Waals surface area contributed by atoms with Gasteiger partial charge in [-0.05, 0) is 30.7 Å². The number of nitrogens with one attached hydrogen (secondary N) is 1. The quantitative estimate of drug-likeness (QED) is 0.880. The average molecular weight is 333 g/mol. The third-order valence-corrected chi connectivity index (χ3v) is 5.48. The lowest BCUT2D eigenvalue weighted by Gasteiger charge is -2.12. The first-order valence-electron chi connectivity index (χ1n) is 5.76. The number of sulfonamides is 1. The summed E-state index contributed by atoms with van der Waals surface area (Å²) in [6, 6.07) is 6.00. The monoisotopic (exact) mass is 332 g/mol. The Bertz CT molecular complexity index is 683. The minimum Gasteiger partial charge on any atom is -0.392 e. The zero-order valence-corrected chi connectivity index (χ0v) is 13.0. The average Bonchev–Trinajstić information content (AvgIpc) is 2.85. The fraction of sp³-hybridized carbons (Fsp3) is 0.250. The van der Waals surface area contributed by atoms with Gasteiger partial charge in [0.15, 0.2) is 5.03 Å². The number of nitrogens with zero attached hydrogens (tertiary/aromatic N) is 1. The van der Waals surface area contributed by atoms with Crippen LogP contribution in [-0.2, 0) is 16.6 Å². The fourth-order valence-electron chi connectivity index (χ4n) is 1.58. The molecule has 0 aromatic carbocycles. The number of hydrogen-bond donors (Lipinski definition) is 2. The van der Waals surface area contributed by atoms with E-state index in [0.717, 1.165) is 4.88 Å². The van der Waals surface area contributed by atoms with Gasteiger partial charge >= 0.3 is 0 Å². The summed E-state index contributed by atoms with van der Waals surface area (Å²) in [6.45, 7) is 1.56. The molecule has 1 unspecified atom stereocenters. The summed E-state index contributed by atoms with van der Waals surface area (Å²) in [4.78, 5) is 4.66. The molecule has 2 rings (SSSR count). The summed E-state index contributed by atoms with van der Waals surface area (Å²) in [5, 5.41) is 8.83. The Morgan fingerprint density at radius 1 is 1.40 bits per heavy atom. The molecule has 1 atom stereocenters. The maximum absolute atomic E-state index is 12.2. The van der Waals surface area contributed by atoms with Gasteiger partial charge in [0.1, 0.15) is 0 Å². The molecule has 20 heavy (non-hydrogen) atoms. The van der Waals surface area contributed by atoms with Gasteiger partial charge in [0.05, 0.1) is 17.0 Å². The van der Waals surface area contributed by atoms with E-state index in [9.17, 15) is 8.42 Å². The highest BCUT2D eigenvalue weighted by Crippen LogP contribution is 2.27. The molecular weight excluding hydrogens is 320 g/mol. The standard InChI is InChI=1S/C12H13ClN2O3S2/c1-8(10-3-4-11(13)19-10)15-20(17,18)12-5-2-9(7-16)6-14-12/h2-6,8,15-16H,7H2,1H3. The first-order chi connectivity index (χ1) is 9.42. The molecule has 0 aliphatic rings. The highest BCUT2D eigenvalue weighted by Gasteiger charge is 2.20. The van der Waals surface area contributed by atoms with Crippen molar-refractivity contribution in [3.63, 3.8) is 0 Å². The van der Waals surface area contributed by atoms with Gasteiger partial charge < -0.3 is 5.11 Å². The SMILES string of the molecule is CC(NS(=O)(=O)c1ccc(CO)cn1)c1ccc(Cl)s1. The van der Waals surface area contributed by atoms with E-state index in [1.165, 1.54) is 29.7 Å². The van der Waals surface area contributed by atoms with Crippen molar-refractivity contribution in [1.82, 2.24) is 9.71 Å². The molecule has 108 valence electrons. The summed E-state index contributed by atoms with van der Waals surface area (Å²) in [5.74, 6) is 0. The molecule has 2 aromatic rings. The van der Waals surface area contributed by atoms with Crippen molar-refractivity contribution in [3.8, 4) is 0 Å². The molecule has 0 amide bonds. The smallest absolute Gasteiger partial charge is 0.258 e. The van der Waals surface area contributed by atoms with Crippen LogP contribution in [0, 0.1) is 0 Å². The minimum atomic E-state index is -3.70. The normalized spacial score (nSPS) is 13.3. The van der Waals surface area contributed by atoms with Crippen molar-refractivity contribution >= 4 is 33.0 Å². The summed E-state index contributed by atoms with van der Waals surface area (Å²) in [7, 11) is -3.70. The molecule has 0 bridgehead atoms. The predicted molar refractivity (Wildman–Crippen MR) is 78.2 cm³/mol. The molecule has 0 aliphatic carbocycles. The van der Waals surface area contributed by atoms with Crippen LogP contribution in [0.15, 0.2) is 35.5 Å². The van der Waals surface area contributed by atoms with E-state index in [0.29, 0.717) is 9.90 Å². The van der Waals surface area contributed by atoms with E-state index in [1.807, 2.05) is 0 Å². The van der Waals surface area contributed by atoms with Gasteiger partial charge in [-0.2, -0.15) is 0 Å². The number of thiophene rings is 1. The van der Waals surface area contributed by atoms with E-state index in [-0.39, 0.29) is 11.6 Å². The van der Waals surface area contributed by atoms with Gasteiger partial charge in [-0.1, -0.05) is 17.7 Å². The molecule has 0 saturated carbocycles. The fourth-order valence-corrected chi connectivity index (χ4v) is 3.87. The molecule has 0 radical (unpaired) electrons. The largest absolute Gasteiger partial charge is 0.392 e. The Morgan fingerprint density at radius 3 is 2.65 bits per heavy atom. The van der Waals surface area contributed by atoms with Gasteiger partial charge in [-0.25, -0.2) is 18.1 Å². The number of aromatic nitrogens is 1. The van der Waals surface area contributed by atoms with Crippen molar-refractivity contribution in [3.05, 3.63) is 45.2 Å². The van der Waals surface area contributed by atoms with Crippen LogP contribution in [-0.4, -0.2) is 18.5 Å². The second-order valence-electron chi connectivity index (χ2n) is 4.15. The molecule has 2 aromatic heterocycles. The van der Waals surface area contributed by atoms with Crippen molar-refractivity contribution in [2.45, 2.75) is 24.6 Å². The number of aliphatic hydroxyl groups excluding tert-OH is 1. The molecule has 2 N–H and O–H groups in total. The molecule has 0 spiro atoms. The molecular formula is C12H13ClN2O3S2. The van der Waals surface area contributed by atoms with Crippen LogP contribution in [0.4, 0.5) is 0 Å². The third-order valence-electron chi connectivity index (χ3n) is 2.61. The Kier molecular flexibility index (Phi) is 4.77. The lowest BCUT2D eigenvalue weighted by molar-refractivity contribution is 0.281. The number of hydrogen-bond acceptors (Lipinski definition) is 5. The highest BCUT2D eigenvalue weighted by molar-refractivity contribution is 7.89. The van der Waals surface area contributed by atoms with Crippen molar-refractivity contribution in [2.75, 3.05) is 0 Å². The second kappa shape index (κ2) is 6.19. The molecule has 5 nitrogen and oxygen atoms in total. The van der Waals surface area contributed by atoms with Crippen LogP contribution in [0.2, 0.25) is 4.34 Å². The Hall–Kier alpha value is -0.990. The maximum Gasteiger partial charge on any atom is 0.258 e. The van der Waals surface area contributed by atoms with Gasteiger partial charge in [0, 0.05) is 11.1 Å². The predicted octanol–water partition coefficient (Wildman–Crippen LogP) is 2.33. The van der Waals surface area contributed by atoms with Crippen molar-refractivity contribution in [2.24, 2.45) is 0 Å². The van der Waals surface area contributed by atoms with Crippen LogP contribution < -0.4 is 4.72 Å². The lowest BCUT2D eigenvalue weighted by atomic mass is 10.3. The maximum atomic E-state index is 12.2. The van der Waals surface area contributed by atoms with E-state index in [1.54, 1.807) is 19.1 Å².